The van der Waals surface area contributed by atoms with Crippen molar-refractivity contribution in [1.82, 2.24) is 4.90 Å². The Bertz CT molecular complexity index is 1030. The van der Waals surface area contributed by atoms with Gasteiger partial charge in [0.25, 0.3) is 11.1 Å². The lowest BCUT2D eigenvalue weighted by Crippen LogP contribution is -2.36. The Balaban J connectivity index is 1.66. The molecule has 0 saturated carbocycles. The highest BCUT2D eigenvalue weighted by atomic mass is 32.2. The van der Waals surface area contributed by atoms with Crippen molar-refractivity contribution in [2.45, 2.75) is 40.2 Å². The molecule has 3 rings (SSSR count). The molecule has 7 heteroatoms. The summed E-state index contributed by atoms with van der Waals surface area (Å²) in [5.41, 5.74) is 3.45. The molecular weight excluding hydrogens is 412 g/mol. The minimum Gasteiger partial charge on any atom is -0.491 e. The predicted octanol–water partition coefficient (Wildman–Crippen LogP) is 5.16. The molecule has 2 aromatic carbocycles. The maximum atomic E-state index is 12.7. The molecule has 0 aliphatic carbocycles. The van der Waals surface area contributed by atoms with E-state index in [0.717, 1.165) is 45.5 Å². The number of hydrogen-bond acceptors (Lipinski definition) is 5. The molecule has 1 aliphatic rings. The molecule has 1 aliphatic heterocycles. The van der Waals surface area contributed by atoms with Crippen LogP contribution in [0.3, 0.4) is 0 Å². The van der Waals surface area contributed by atoms with Gasteiger partial charge in [-0.15, -0.1) is 0 Å². The van der Waals surface area contributed by atoms with E-state index < -0.39 is 17.1 Å². The number of hydrogen-bond donors (Lipinski definition) is 1. The Morgan fingerprint density at radius 2 is 1.87 bits per heavy atom. The first-order valence-electron chi connectivity index (χ1n) is 10.2. The molecule has 1 heterocycles. The fraction of sp³-hybridized carbons (Fsp3) is 0.292. The second-order valence-corrected chi connectivity index (χ2v) is 8.46. The first-order chi connectivity index (χ1) is 14.8. The summed E-state index contributed by atoms with van der Waals surface area (Å²) in [4.78, 5) is 38.7. The van der Waals surface area contributed by atoms with Gasteiger partial charge >= 0.3 is 0 Å². The molecule has 0 aromatic heterocycles. The van der Waals surface area contributed by atoms with Gasteiger partial charge in [-0.25, -0.2) is 0 Å². The summed E-state index contributed by atoms with van der Waals surface area (Å²) in [5.74, 6) is -0.127. The summed E-state index contributed by atoms with van der Waals surface area (Å²) in [6.07, 6.45) is 2.68. The largest absolute Gasteiger partial charge is 0.491 e. The van der Waals surface area contributed by atoms with Gasteiger partial charge in [0, 0.05) is 5.69 Å². The van der Waals surface area contributed by atoms with Crippen LogP contribution in [0.1, 0.15) is 37.0 Å². The number of rotatable bonds is 7. The lowest BCUT2D eigenvalue weighted by Gasteiger charge is -2.14. The minimum atomic E-state index is -0.467. The maximum absolute atomic E-state index is 12.7. The number of carbonyl (C=O) groups excluding carboxylic acids is 3. The van der Waals surface area contributed by atoms with Gasteiger partial charge < -0.3 is 10.1 Å². The quantitative estimate of drug-likeness (QED) is 0.605. The van der Waals surface area contributed by atoms with E-state index in [-0.39, 0.29) is 12.6 Å². The van der Waals surface area contributed by atoms with E-state index in [9.17, 15) is 14.4 Å². The topological polar surface area (TPSA) is 75.7 Å². The number of nitrogens with zero attached hydrogens (tertiary/aromatic N) is 1. The molecule has 6 nitrogen and oxygen atoms in total. The molecule has 1 fully saturated rings. The van der Waals surface area contributed by atoms with Crippen LogP contribution in [-0.4, -0.2) is 34.6 Å². The Morgan fingerprint density at radius 1 is 1.16 bits per heavy atom. The van der Waals surface area contributed by atoms with E-state index in [4.69, 9.17) is 4.74 Å². The Hall–Kier alpha value is -3.06. The van der Waals surface area contributed by atoms with Crippen LogP contribution in [0.25, 0.3) is 6.08 Å². The van der Waals surface area contributed by atoms with Gasteiger partial charge in [0.2, 0.25) is 5.91 Å². The average Bonchev–Trinajstić information content (AvgIpc) is 3.00. The van der Waals surface area contributed by atoms with Crippen molar-refractivity contribution < 1.29 is 19.1 Å². The first kappa shape index (κ1) is 22.6. The van der Waals surface area contributed by atoms with Crippen molar-refractivity contribution in [1.29, 1.82) is 0 Å². The van der Waals surface area contributed by atoms with Crippen LogP contribution in [0.15, 0.2) is 47.4 Å². The van der Waals surface area contributed by atoms with E-state index in [1.807, 2.05) is 57.2 Å². The Kier molecular flexibility index (Phi) is 7.17. The van der Waals surface area contributed by atoms with Crippen LogP contribution in [0.4, 0.5) is 10.5 Å². The van der Waals surface area contributed by atoms with Crippen molar-refractivity contribution in [3.63, 3.8) is 0 Å². The lowest BCUT2D eigenvalue weighted by molar-refractivity contribution is -0.127. The van der Waals surface area contributed by atoms with Crippen molar-refractivity contribution in [2.24, 2.45) is 0 Å². The van der Waals surface area contributed by atoms with Gasteiger partial charge in [-0.05, 0) is 79.9 Å². The number of benzene rings is 2. The van der Waals surface area contributed by atoms with E-state index in [0.29, 0.717) is 10.6 Å². The van der Waals surface area contributed by atoms with Crippen molar-refractivity contribution in [3.8, 4) is 5.75 Å². The number of amides is 3. The van der Waals surface area contributed by atoms with E-state index >= 15 is 0 Å². The minimum absolute atomic E-state index is 0.122. The number of thioether (sulfide) groups is 1. The Labute approximate surface area is 186 Å². The van der Waals surface area contributed by atoms with Crippen LogP contribution in [0.5, 0.6) is 5.75 Å². The third kappa shape index (κ3) is 5.55. The molecule has 0 radical (unpaired) electrons. The predicted molar refractivity (Wildman–Crippen MR) is 124 cm³/mol. The monoisotopic (exact) mass is 438 g/mol. The molecule has 0 unspecified atom stereocenters. The van der Waals surface area contributed by atoms with Gasteiger partial charge in [-0.3, -0.25) is 19.3 Å². The second kappa shape index (κ2) is 9.83. The zero-order chi connectivity index (χ0) is 22.5. The number of anilines is 1. The average molecular weight is 439 g/mol. The standard InChI is InChI=1S/C24H26N2O4S/c1-5-16(3)30-19-11-9-18(10-12-19)13-21-23(28)26(24(29)31-21)14-22(27)25-20-8-6-7-15(2)17(20)4/h6-13,16H,5,14H2,1-4H3,(H,25,27)/b21-13-/t16-/m1/s1. The van der Waals surface area contributed by atoms with Crippen LogP contribution in [0, 0.1) is 13.8 Å². The zero-order valence-corrected chi connectivity index (χ0v) is 18.9. The number of imide groups is 1. The molecular formula is C24H26N2O4S. The zero-order valence-electron chi connectivity index (χ0n) is 18.1. The van der Waals surface area contributed by atoms with E-state index in [1.54, 1.807) is 12.1 Å². The number of aryl methyl sites for hydroxylation is 1. The summed E-state index contributed by atoms with van der Waals surface area (Å²) >= 11 is 0.836. The van der Waals surface area contributed by atoms with Gasteiger partial charge in [0.1, 0.15) is 12.3 Å². The van der Waals surface area contributed by atoms with Crippen LogP contribution in [-0.2, 0) is 9.59 Å². The molecule has 3 amide bonds. The number of ether oxygens (including phenoxy) is 1. The Morgan fingerprint density at radius 3 is 2.55 bits per heavy atom. The highest BCUT2D eigenvalue weighted by Gasteiger charge is 2.36. The smallest absolute Gasteiger partial charge is 0.294 e. The van der Waals surface area contributed by atoms with Crippen molar-refractivity contribution in [3.05, 3.63) is 64.1 Å². The third-order valence-corrected chi connectivity index (χ3v) is 6.05. The fourth-order valence-electron chi connectivity index (χ4n) is 2.97. The summed E-state index contributed by atoms with van der Waals surface area (Å²) in [6.45, 7) is 7.59. The number of nitrogens with one attached hydrogen (secondary N) is 1. The number of carbonyl (C=O) groups is 3. The lowest BCUT2D eigenvalue weighted by atomic mass is 10.1. The molecule has 162 valence electrons. The normalized spacial score (nSPS) is 16.0. The van der Waals surface area contributed by atoms with E-state index in [1.165, 1.54) is 0 Å². The van der Waals surface area contributed by atoms with Crippen LogP contribution < -0.4 is 10.1 Å². The molecule has 1 N–H and O–H groups in total. The van der Waals surface area contributed by atoms with Crippen LogP contribution >= 0.6 is 11.8 Å². The van der Waals surface area contributed by atoms with Gasteiger partial charge in [-0.2, -0.15) is 0 Å². The fourth-order valence-corrected chi connectivity index (χ4v) is 3.80. The van der Waals surface area contributed by atoms with Gasteiger partial charge in [-0.1, -0.05) is 31.2 Å². The molecule has 0 spiro atoms. The summed E-state index contributed by atoms with van der Waals surface area (Å²) in [5, 5.41) is 2.33. The SMILES string of the molecule is CC[C@@H](C)Oc1ccc(/C=C2\SC(=O)N(CC(=O)Nc3cccc(C)c3C)C2=O)cc1. The molecule has 1 saturated heterocycles. The molecule has 1 atom stereocenters. The highest BCUT2D eigenvalue weighted by molar-refractivity contribution is 8.18. The van der Waals surface area contributed by atoms with E-state index in [2.05, 4.69) is 12.2 Å². The first-order valence-corrected chi connectivity index (χ1v) is 11.0. The maximum Gasteiger partial charge on any atom is 0.294 e. The summed E-state index contributed by atoms with van der Waals surface area (Å²) < 4.78 is 5.75. The van der Waals surface area contributed by atoms with Gasteiger partial charge in [0.05, 0.1) is 11.0 Å². The highest BCUT2D eigenvalue weighted by Crippen LogP contribution is 2.32. The van der Waals surface area contributed by atoms with Crippen LogP contribution in [0.2, 0.25) is 0 Å². The molecule has 2 aromatic rings. The summed E-state index contributed by atoms with van der Waals surface area (Å²) in [6, 6.07) is 12.9. The van der Waals surface area contributed by atoms with Crippen molar-refractivity contribution in [2.75, 3.05) is 11.9 Å². The van der Waals surface area contributed by atoms with Crippen molar-refractivity contribution >= 4 is 40.6 Å². The second-order valence-electron chi connectivity index (χ2n) is 7.47. The summed E-state index contributed by atoms with van der Waals surface area (Å²) in [7, 11) is 0. The molecule has 31 heavy (non-hydrogen) atoms. The van der Waals surface area contributed by atoms with Gasteiger partial charge in [0.15, 0.2) is 0 Å². The third-order valence-electron chi connectivity index (χ3n) is 5.14. The molecule has 0 bridgehead atoms.